The Hall–Kier alpha value is -2.34. The lowest BCUT2D eigenvalue weighted by Crippen LogP contribution is -2.02. The molecule has 106 valence electrons. The number of hydrogen-bond donors (Lipinski definition) is 0. The van der Waals surface area contributed by atoms with Crippen LogP contribution in [0.3, 0.4) is 0 Å². The molecule has 4 nitrogen and oxygen atoms in total. The summed E-state index contributed by atoms with van der Waals surface area (Å²) in [5.74, 6) is 1.32. The molecule has 0 amide bonds. The van der Waals surface area contributed by atoms with Crippen molar-refractivity contribution in [2.45, 2.75) is 5.16 Å². The minimum absolute atomic E-state index is 0.342. The molecule has 0 aliphatic heterocycles. The zero-order chi connectivity index (χ0) is 14.7. The molecular formula is C15H12FN3OS. The molecule has 0 radical (unpaired) electrons. The number of rotatable bonds is 5. The molecule has 0 spiro atoms. The molecule has 0 saturated carbocycles. The summed E-state index contributed by atoms with van der Waals surface area (Å²) in [4.78, 5) is 0. The number of nitrogens with zero attached hydrogens (tertiary/aromatic N) is 3. The fourth-order valence-corrected chi connectivity index (χ4v) is 2.59. The van der Waals surface area contributed by atoms with Gasteiger partial charge in [-0.2, -0.15) is 0 Å². The molecule has 1 aromatic carbocycles. The Kier molecular flexibility index (Phi) is 3.87. The van der Waals surface area contributed by atoms with Gasteiger partial charge in [-0.1, -0.05) is 30.0 Å². The van der Waals surface area contributed by atoms with E-state index in [0.29, 0.717) is 28.2 Å². The van der Waals surface area contributed by atoms with E-state index in [1.165, 1.54) is 17.8 Å². The summed E-state index contributed by atoms with van der Waals surface area (Å²) in [6.07, 6.45) is 3.31. The quantitative estimate of drug-likeness (QED) is 0.529. The van der Waals surface area contributed by atoms with Crippen molar-refractivity contribution < 1.29 is 8.81 Å². The maximum Gasteiger partial charge on any atom is 0.205 e. The molecule has 0 aliphatic rings. The highest BCUT2D eigenvalue weighted by atomic mass is 32.2. The van der Waals surface area contributed by atoms with Crippen molar-refractivity contribution in [1.82, 2.24) is 14.8 Å². The maximum absolute atomic E-state index is 14.1. The van der Waals surface area contributed by atoms with Gasteiger partial charge < -0.3 is 4.42 Å². The molecule has 0 unspecified atom stereocenters. The topological polar surface area (TPSA) is 43.9 Å². The van der Waals surface area contributed by atoms with E-state index in [9.17, 15) is 4.39 Å². The number of benzene rings is 1. The molecule has 2 heterocycles. The second-order valence-electron chi connectivity index (χ2n) is 4.17. The molecule has 0 fully saturated rings. The summed E-state index contributed by atoms with van der Waals surface area (Å²) in [7, 11) is 0. The number of thioether (sulfide) groups is 1. The lowest BCUT2D eigenvalue weighted by Gasteiger charge is -2.09. The summed E-state index contributed by atoms with van der Waals surface area (Å²) in [5, 5.41) is 8.84. The lowest BCUT2D eigenvalue weighted by atomic mass is 10.3. The Morgan fingerprint density at radius 2 is 2.10 bits per heavy atom. The van der Waals surface area contributed by atoms with E-state index >= 15 is 0 Å². The molecule has 3 aromatic rings. The number of aromatic nitrogens is 3. The Balaban J connectivity index is 2.17. The van der Waals surface area contributed by atoms with Crippen LogP contribution in [-0.2, 0) is 0 Å². The molecule has 0 bridgehead atoms. The number of hydrogen-bond acceptors (Lipinski definition) is 4. The summed E-state index contributed by atoms with van der Waals surface area (Å²) in [6.45, 7) is 3.68. The number of furan rings is 1. The standard InChI is InChI=1S/C15H12FN3OS/c1-2-10-21-15-18-17-14(13-8-5-9-20-13)19(15)12-7-4-3-6-11(12)16/h2-9H,1,10H2. The Bertz CT molecular complexity index is 752. The lowest BCUT2D eigenvalue weighted by molar-refractivity contribution is 0.572. The van der Waals surface area contributed by atoms with Gasteiger partial charge in [0.1, 0.15) is 5.82 Å². The van der Waals surface area contributed by atoms with Crippen molar-refractivity contribution in [3.8, 4) is 17.3 Å². The van der Waals surface area contributed by atoms with Crippen LogP contribution in [0.25, 0.3) is 17.3 Å². The molecule has 2 aromatic heterocycles. The van der Waals surface area contributed by atoms with Crippen LogP contribution in [-0.4, -0.2) is 20.5 Å². The van der Waals surface area contributed by atoms with Crippen LogP contribution in [0.4, 0.5) is 4.39 Å². The minimum Gasteiger partial charge on any atom is -0.461 e. The SMILES string of the molecule is C=CCSc1nnc(-c2ccco2)n1-c1ccccc1F. The first-order valence-electron chi connectivity index (χ1n) is 6.29. The second-order valence-corrected chi connectivity index (χ2v) is 5.16. The number of para-hydroxylation sites is 1. The fourth-order valence-electron chi connectivity index (χ4n) is 1.91. The molecule has 3 rings (SSSR count). The summed E-state index contributed by atoms with van der Waals surface area (Å²) < 4.78 is 21.2. The zero-order valence-corrected chi connectivity index (χ0v) is 11.9. The van der Waals surface area contributed by atoms with Crippen LogP contribution < -0.4 is 0 Å². The van der Waals surface area contributed by atoms with Gasteiger partial charge in [0.25, 0.3) is 0 Å². The Morgan fingerprint density at radius 1 is 1.24 bits per heavy atom. The van der Waals surface area contributed by atoms with Gasteiger partial charge in [-0.25, -0.2) is 4.39 Å². The summed E-state index contributed by atoms with van der Waals surface area (Å²) in [5.41, 5.74) is 0.389. The van der Waals surface area contributed by atoms with Gasteiger partial charge in [0, 0.05) is 5.75 Å². The van der Waals surface area contributed by atoms with Crippen molar-refractivity contribution in [3.05, 3.63) is 61.1 Å². The monoisotopic (exact) mass is 301 g/mol. The first-order chi connectivity index (χ1) is 10.3. The predicted molar refractivity (Wildman–Crippen MR) is 79.9 cm³/mol. The van der Waals surface area contributed by atoms with E-state index in [-0.39, 0.29) is 5.82 Å². The molecule has 0 saturated heterocycles. The maximum atomic E-state index is 14.1. The van der Waals surface area contributed by atoms with Crippen molar-refractivity contribution >= 4 is 11.8 Å². The van der Waals surface area contributed by atoms with E-state index in [1.807, 2.05) is 0 Å². The van der Waals surface area contributed by atoms with Crippen LogP contribution in [0.15, 0.2) is 64.9 Å². The third kappa shape index (κ3) is 2.62. The van der Waals surface area contributed by atoms with Crippen molar-refractivity contribution in [2.24, 2.45) is 0 Å². The predicted octanol–water partition coefficient (Wildman–Crippen LogP) is 3.94. The van der Waals surface area contributed by atoms with Gasteiger partial charge >= 0.3 is 0 Å². The van der Waals surface area contributed by atoms with Crippen molar-refractivity contribution in [3.63, 3.8) is 0 Å². The van der Waals surface area contributed by atoms with Gasteiger partial charge in [-0.05, 0) is 24.3 Å². The zero-order valence-electron chi connectivity index (χ0n) is 11.1. The first-order valence-corrected chi connectivity index (χ1v) is 7.27. The first kappa shape index (κ1) is 13.6. The van der Waals surface area contributed by atoms with E-state index in [4.69, 9.17) is 4.42 Å². The highest BCUT2D eigenvalue weighted by Crippen LogP contribution is 2.29. The van der Waals surface area contributed by atoms with Crippen LogP contribution in [0, 0.1) is 5.82 Å². The van der Waals surface area contributed by atoms with E-state index < -0.39 is 0 Å². The van der Waals surface area contributed by atoms with E-state index in [2.05, 4.69) is 16.8 Å². The van der Waals surface area contributed by atoms with E-state index in [0.717, 1.165) is 0 Å². The molecule has 21 heavy (non-hydrogen) atoms. The van der Waals surface area contributed by atoms with Crippen molar-refractivity contribution in [2.75, 3.05) is 5.75 Å². The smallest absolute Gasteiger partial charge is 0.205 e. The van der Waals surface area contributed by atoms with Gasteiger partial charge in [0.2, 0.25) is 5.82 Å². The minimum atomic E-state index is -0.342. The Morgan fingerprint density at radius 3 is 2.81 bits per heavy atom. The Labute approximate surface area is 125 Å². The molecule has 6 heteroatoms. The molecular weight excluding hydrogens is 289 g/mol. The molecule has 0 atom stereocenters. The van der Waals surface area contributed by atoms with Gasteiger partial charge in [0.15, 0.2) is 10.9 Å². The van der Waals surface area contributed by atoms with Gasteiger partial charge in [0.05, 0.1) is 12.0 Å². The van der Waals surface area contributed by atoms with Gasteiger partial charge in [-0.3, -0.25) is 4.57 Å². The average Bonchev–Trinajstić information content (AvgIpc) is 3.14. The molecule has 0 N–H and O–H groups in total. The average molecular weight is 301 g/mol. The van der Waals surface area contributed by atoms with Crippen LogP contribution in [0.5, 0.6) is 0 Å². The third-order valence-electron chi connectivity index (χ3n) is 2.80. The van der Waals surface area contributed by atoms with Crippen LogP contribution in [0.1, 0.15) is 0 Å². The fraction of sp³-hybridized carbons (Fsp3) is 0.0667. The van der Waals surface area contributed by atoms with Crippen LogP contribution in [0.2, 0.25) is 0 Å². The normalized spacial score (nSPS) is 10.7. The largest absolute Gasteiger partial charge is 0.461 e. The van der Waals surface area contributed by atoms with Crippen LogP contribution >= 0.6 is 11.8 Å². The third-order valence-corrected chi connectivity index (χ3v) is 3.72. The number of halogens is 1. The van der Waals surface area contributed by atoms with Crippen molar-refractivity contribution in [1.29, 1.82) is 0 Å². The van der Waals surface area contributed by atoms with Gasteiger partial charge in [-0.15, -0.1) is 16.8 Å². The highest BCUT2D eigenvalue weighted by Gasteiger charge is 2.19. The highest BCUT2D eigenvalue weighted by molar-refractivity contribution is 7.99. The summed E-state index contributed by atoms with van der Waals surface area (Å²) in [6, 6.07) is 10.0. The van der Waals surface area contributed by atoms with E-state index in [1.54, 1.807) is 47.2 Å². The molecule has 0 aliphatic carbocycles. The second kappa shape index (κ2) is 5.97. The summed E-state index contributed by atoms with van der Waals surface area (Å²) >= 11 is 1.43.